The van der Waals surface area contributed by atoms with Gasteiger partial charge in [0, 0.05) is 37.4 Å². The van der Waals surface area contributed by atoms with Gasteiger partial charge in [0.1, 0.15) is 0 Å². The first kappa shape index (κ1) is 13.6. The van der Waals surface area contributed by atoms with Gasteiger partial charge in [0.05, 0.1) is 7.11 Å². The van der Waals surface area contributed by atoms with Gasteiger partial charge < -0.3 is 20.7 Å². The standard InChI is InChI=1S/C13H20N4O2/c1-19-12-10(3-2-6-15-12)9-16-11-4-7-17(8-5-11)13(14)18/h2-3,6,11,16H,4-5,7-9H2,1H3,(H2,14,18). The van der Waals surface area contributed by atoms with Gasteiger partial charge in [0.2, 0.25) is 5.88 Å². The van der Waals surface area contributed by atoms with E-state index in [0.717, 1.165) is 38.0 Å². The average molecular weight is 264 g/mol. The topological polar surface area (TPSA) is 80.5 Å². The first-order valence-corrected chi connectivity index (χ1v) is 6.46. The minimum absolute atomic E-state index is 0.327. The van der Waals surface area contributed by atoms with Crippen LogP contribution >= 0.6 is 0 Å². The molecule has 1 aromatic rings. The number of nitrogens with one attached hydrogen (secondary N) is 1. The van der Waals surface area contributed by atoms with E-state index in [0.29, 0.717) is 11.9 Å². The van der Waals surface area contributed by atoms with E-state index in [1.165, 1.54) is 0 Å². The van der Waals surface area contributed by atoms with Crippen molar-refractivity contribution >= 4 is 6.03 Å². The van der Waals surface area contributed by atoms with E-state index in [1.54, 1.807) is 18.2 Å². The Morgan fingerprint density at radius 1 is 1.58 bits per heavy atom. The number of carbonyl (C=O) groups is 1. The number of primary amides is 1. The van der Waals surface area contributed by atoms with Crippen molar-refractivity contribution in [2.45, 2.75) is 25.4 Å². The summed E-state index contributed by atoms with van der Waals surface area (Å²) in [5, 5.41) is 3.47. The van der Waals surface area contributed by atoms with Crippen molar-refractivity contribution in [1.29, 1.82) is 0 Å². The number of nitrogens with two attached hydrogens (primary N) is 1. The zero-order chi connectivity index (χ0) is 13.7. The number of hydrogen-bond donors (Lipinski definition) is 2. The first-order chi connectivity index (χ1) is 9.20. The Balaban J connectivity index is 1.82. The number of ether oxygens (including phenoxy) is 1. The molecule has 2 amide bonds. The largest absolute Gasteiger partial charge is 0.481 e. The molecule has 2 heterocycles. The molecular formula is C13H20N4O2. The third kappa shape index (κ3) is 3.57. The lowest BCUT2D eigenvalue weighted by molar-refractivity contribution is 0.185. The number of amides is 2. The van der Waals surface area contributed by atoms with Crippen molar-refractivity contribution < 1.29 is 9.53 Å². The van der Waals surface area contributed by atoms with Gasteiger partial charge in [-0.25, -0.2) is 9.78 Å². The van der Waals surface area contributed by atoms with Crippen molar-refractivity contribution in [3.8, 4) is 5.88 Å². The van der Waals surface area contributed by atoms with Gasteiger partial charge in [0.25, 0.3) is 0 Å². The van der Waals surface area contributed by atoms with Crippen LogP contribution in [0.25, 0.3) is 0 Å². The molecule has 1 aliphatic heterocycles. The molecule has 0 spiro atoms. The zero-order valence-electron chi connectivity index (χ0n) is 11.1. The summed E-state index contributed by atoms with van der Waals surface area (Å²) in [5.41, 5.74) is 6.30. The van der Waals surface area contributed by atoms with Crippen molar-refractivity contribution in [2.24, 2.45) is 5.73 Å². The van der Waals surface area contributed by atoms with Crippen LogP contribution < -0.4 is 15.8 Å². The van der Waals surface area contributed by atoms with Crippen LogP contribution in [0.5, 0.6) is 5.88 Å². The van der Waals surface area contributed by atoms with Crippen LogP contribution in [0.1, 0.15) is 18.4 Å². The van der Waals surface area contributed by atoms with Gasteiger partial charge in [0.15, 0.2) is 0 Å². The summed E-state index contributed by atoms with van der Waals surface area (Å²) in [5.74, 6) is 0.657. The van der Waals surface area contributed by atoms with Gasteiger partial charge >= 0.3 is 6.03 Å². The number of nitrogens with zero attached hydrogens (tertiary/aromatic N) is 2. The summed E-state index contributed by atoms with van der Waals surface area (Å²) in [6.07, 6.45) is 3.56. The Bertz CT molecular complexity index is 430. The summed E-state index contributed by atoms with van der Waals surface area (Å²) in [6.45, 7) is 2.16. The summed E-state index contributed by atoms with van der Waals surface area (Å²) >= 11 is 0. The molecule has 0 bridgehead atoms. The van der Waals surface area contributed by atoms with Crippen molar-refractivity contribution in [3.63, 3.8) is 0 Å². The van der Waals surface area contributed by atoms with Gasteiger partial charge in [-0.1, -0.05) is 6.07 Å². The molecule has 0 atom stereocenters. The number of urea groups is 1. The molecule has 3 N–H and O–H groups in total. The van der Waals surface area contributed by atoms with E-state index in [-0.39, 0.29) is 6.03 Å². The Kier molecular flexibility index (Phi) is 4.57. The minimum Gasteiger partial charge on any atom is -0.481 e. The van der Waals surface area contributed by atoms with Gasteiger partial charge in [-0.3, -0.25) is 0 Å². The highest BCUT2D eigenvalue weighted by atomic mass is 16.5. The van der Waals surface area contributed by atoms with E-state index < -0.39 is 0 Å². The molecule has 104 valence electrons. The van der Waals surface area contributed by atoms with E-state index in [1.807, 2.05) is 12.1 Å². The highest BCUT2D eigenvalue weighted by Crippen LogP contribution is 2.15. The number of aromatic nitrogens is 1. The second-order valence-corrected chi connectivity index (χ2v) is 4.65. The Morgan fingerprint density at radius 2 is 2.32 bits per heavy atom. The molecule has 0 aromatic carbocycles. The van der Waals surface area contributed by atoms with E-state index >= 15 is 0 Å². The first-order valence-electron chi connectivity index (χ1n) is 6.46. The van der Waals surface area contributed by atoms with Crippen LogP contribution in [0.4, 0.5) is 4.79 Å². The molecular weight excluding hydrogens is 244 g/mol. The van der Waals surface area contributed by atoms with Crippen LogP contribution in [-0.2, 0) is 6.54 Å². The quantitative estimate of drug-likeness (QED) is 0.840. The molecule has 0 radical (unpaired) electrons. The Labute approximate surface area is 112 Å². The number of piperidine rings is 1. The van der Waals surface area contributed by atoms with Gasteiger partial charge in [-0.15, -0.1) is 0 Å². The molecule has 0 aliphatic carbocycles. The lowest BCUT2D eigenvalue weighted by atomic mass is 10.1. The number of carbonyl (C=O) groups excluding carboxylic acids is 1. The number of hydrogen-bond acceptors (Lipinski definition) is 4. The molecule has 1 aromatic heterocycles. The highest BCUT2D eigenvalue weighted by Gasteiger charge is 2.20. The number of pyridine rings is 1. The molecule has 19 heavy (non-hydrogen) atoms. The predicted molar refractivity (Wildman–Crippen MR) is 71.8 cm³/mol. The van der Waals surface area contributed by atoms with E-state index in [4.69, 9.17) is 10.5 Å². The highest BCUT2D eigenvalue weighted by molar-refractivity contribution is 5.72. The molecule has 6 heteroatoms. The third-order valence-corrected chi connectivity index (χ3v) is 3.43. The smallest absolute Gasteiger partial charge is 0.314 e. The maximum absolute atomic E-state index is 11.0. The van der Waals surface area contributed by atoms with Crippen LogP contribution in [0, 0.1) is 0 Å². The molecule has 1 saturated heterocycles. The molecule has 2 rings (SSSR count). The Morgan fingerprint density at radius 3 is 2.95 bits per heavy atom. The van der Waals surface area contributed by atoms with Crippen molar-refractivity contribution in [1.82, 2.24) is 15.2 Å². The fourth-order valence-electron chi connectivity index (χ4n) is 2.30. The summed E-state index contributed by atoms with van der Waals surface area (Å²) in [4.78, 5) is 16.9. The minimum atomic E-state index is -0.327. The summed E-state index contributed by atoms with van der Waals surface area (Å²) < 4.78 is 5.21. The van der Waals surface area contributed by atoms with Crippen molar-refractivity contribution in [2.75, 3.05) is 20.2 Å². The lowest BCUT2D eigenvalue weighted by Crippen LogP contribution is -2.46. The summed E-state index contributed by atoms with van der Waals surface area (Å²) in [6, 6.07) is 3.97. The second kappa shape index (κ2) is 6.38. The summed E-state index contributed by atoms with van der Waals surface area (Å²) in [7, 11) is 1.62. The molecule has 0 saturated carbocycles. The number of methoxy groups -OCH3 is 1. The average Bonchev–Trinajstić information content (AvgIpc) is 2.45. The van der Waals surface area contributed by atoms with Crippen LogP contribution in [-0.4, -0.2) is 42.2 Å². The normalized spacial score (nSPS) is 16.4. The van der Waals surface area contributed by atoms with Crippen LogP contribution in [0.3, 0.4) is 0 Å². The SMILES string of the molecule is COc1ncccc1CNC1CCN(C(N)=O)CC1. The molecule has 6 nitrogen and oxygen atoms in total. The van der Waals surface area contributed by atoms with Crippen molar-refractivity contribution in [3.05, 3.63) is 23.9 Å². The molecule has 1 fully saturated rings. The molecule has 1 aliphatic rings. The third-order valence-electron chi connectivity index (χ3n) is 3.43. The number of rotatable bonds is 4. The molecule has 0 unspecified atom stereocenters. The van der Waals surface area contributed by atoms with Crippen LogP contribution in [0.2, 0.25) is 0 Å². The maximum atomic E-state index is 11.0. The van der Waals surface area contributed by atoms with Crippen LogP contribution in [0.15, 0.2) is 18.3 Å². The maximum Gasteiger partial charge on any atom is 0.314 e. The monoisotopic (exact) mass is 264 g/mol. The van der Waals surface area contributed by atoms with E-state index in [9.17, 15) is 4.79 Å². The fourth-order valence-corrected chi connectivity index (χ4v) is 2.30. The zero-order valence-corrected chi connectivity index (χ0v) is 11.1. The second-order valence-electron chi connectivity index (χ2n) is 4.65. The Hall–Kier alpha value is -1.82. The van der Waals surface area contributed by atoms with E-state index in [2.05, 4.69) is 10.3 Å². The lowest BCUT2D eigenvalue weighted by Gasteiger charge is -2.31. The fraction of sp³-hybridized carbons (Fsp3) is 0.538. The predicted octanol–water partition coefficient (Wildman–Crippen LogP) is 0.723. The number of likely N-dealkylation sites (tertiary alicyclic amines) is 1. The van der Waals surface area contributed by atoms with Gasteiger partial charge in [-0.2, -0.15) is 0 Å². The van der Waals surface area contributed by atoms with Gasteiger partial charge in [-0.05, 0) is 18.9 Å².